The highest BCUT2D eigenvalue weighted by atomic mass is 19.1. The Bertz CT molecular complexity index is 1360. The molecule has 2 aliphatic heterocycles. The van der Waals surface area contributed by atoms with Crippen LogP contribution in [0.1, 0.15) is 42.3 Å². The van der Waals surface area contributed by atoms with Crippen molar-refractivity contribution in [3.63, 3.8) is 0 Å². The summed E-state index contributed by atoms with van der Waals surface area (Å²) in [7, 11) is 0. The highest BCUT2D eigenvalue weighted by molar-refractivity contribution is 6.12. The molecule has 5 rings (SSSR count). The van der Waals surface area contributed by atoms with E-state index in [1.165, 1.54) is 17.0 Å². The fourth-order valence-corrected chi connectivity index (χ4v) is 5.28. The average Bonchev–Trinajstić information content (AvgIpc) is 3.28. The Morgan fingerprint density at radius 3 is 2.61 bits per heavy atom. The van der Waals surface area contributed by atoms with Gasteiger partial charge in [0.05, 0.1) is 23.6 Å². The maximum atomic E-state index is 14.0. The van der Waals surface area contributed by atoms with Crippen molar-refractivity contribution in [2.45, 2.75) is 39.3 Å². The van der Waals surface area contributed by atoms with E-state index in [0.717, 1.165) is 34.6 Å². The molecule has 1 aromatic heterocycles. The molecule has 2 saturated heterocycles. The number of carbonyl (C=O) groups is 1. The predicted octanol–water partition coefficient (Wildman–Crippen LogP) is 4.21. The normalized spacial score (nSPS) is 22.2. The number of benzene rings is 2. The molecule has 36 heavy (non-hydrogen) atoms. The molecule has 186 valence electrons. The number of fused-ring (bicyclic) bond motifs is 1. The molecule has 2 aliphatic rings. The van der Waals surface area contributed by atoms with Gasteiger partial charge in [-0.05, 0) is 74.7 Å². The number of guanidine groups is 1. The number of nitrogens with zero attached hydrogens (tertiary/aromatic N) is 4. The molecule has 0 aliphatic carbocycles. The number of aromatic nitrogens is 2. The Balaban J connectivity index is 1.56. The fraction of sp³-hybridized carbons (Fsp3) is 0.321. The number of amides is 1. The van der Waals surface area contributed by atoms with Gasteiger partial charge >= 0.3 is 0 Å². The van der Waals surface area contributed by atoms with E-state index < -0.39 is 11.6 Å². The van der Waals surface area contributed by atoms with Gasteiger partial charge in [-0.15, -0.1) is 0 Å². The molecule has 2 atom stereocenters. The van der Waals surface area contributed by atoms with Gasteiger partial charge in [-0.25, -0.2) is 9.37 Å². The van der Waals surface area contributed by atoms with Crippen LogP contribution in [0.3, 0.4) is 0 Å². The Hall–Kier alpha value is -3.78. The Labute approximate surface area is 210 Å². The second-order valence-electron chi connectivity index (χ2n) is 9.85. The topological polar surface area (TPSA) is 77.2 Å². The minimum Gasteiger partial charge on any atom is -0.330 e. The van der Waals surface area contributed by atoms with Gasteiger partial charge in [0.1, 0.15) is 5.82 Å². The molecule has 2 fully saturated rings. The number of rotatable bonds is 4. The Morgan fingerprint density at radius 1 is 1.19 bits per heavy atom. The zero-order valence-electron chi connectivity index (χ0n) is 21.0. The third-order valence-electron chi connectivity index (χ3n) is 7.35. The third-order valence-corrected chi connectivity index (χ3v) is 7.35. The van der Waals surface area contributed by atoms with Gasteiger partial charge in [-0.2, -0.15) is 0 Å². The van der Waals surface area contributed by atoms with E-state index in [2.05, 4.69) is 16.4 Å². The minimum atomic E-state index is -0.653. The van der Waals surface area contributed by atoms with Crippen LogP contribution >= 0.6 is 0 Å². The van der Waals surface area contributed by atoms with Gasteiger partial charge in [0, 0.05) is 37.1 Å². The minimum absolute atomic E-state index is 0.181. The SMILES string of the molecule is Cc1cn(-c2ccc(/C=C3/C(=O)N(C(C)c4ccc(F)cc4)C(=N)N4CCNCC34C)cc2C)cn1. The van der Waals surface area contributed by atoms with E-state index in [-0.39, 0.29) is 17.7 Å². The van der Waals surface area contributed by atoms with Crippen molar-refractivity contribution >= 4 is 17.9 Å². The predicted molar refractivity (Wildman–Crippen MR) is 138 cm³/mol. The van der Waals surface area contributed by atoms with E-state index in [1.54, 1.807) is 18.5 Å². The van der Waals surface area contributed by atoms with Gasteiger partial charge in [0.25, 0.3) is 5.91 Å². The van der Waals surface area contributed by atoms with E-state index in [0.29, 0.717) is 18.7 Å². The summed E-state index contributed by atoms with van der Waals surface area (Å²) in [6, 6.07) is 11.8. The summed E-state index contributed by atoms with van der Waals surface area (Å²) in [5.41, 5.74) is 4.73. The number of imidazole rings is 1. The van der Waals surface area contributed by atoms with Gasteiger partial charge in [-0.1, -0.05) is 18.2 Å². The largest absolute Gasteiger partial charge is 0.330 e. The van der Waals surface area contributed by atoms with Crippen molar-refractivity contribution in [2.75, 3.05) is 19.6 Å². The molecule has 0 spiro atoms. The highest BCUT2D eigenvalue weighted by Crippen LogP contribution is 2.38. The summed E-state index contributed by atoms with van der Waals surface area (Å²) in [6.45, 7) is 9.82. The molecule has 2 N–H and O–H groups in total. The molecule has 0 saturated carbocycles. The first-order chi connectivity index (χ1) is 17.2. The monoisotopic (exact) mass is 486 g/mol. The molecule has 2 unspecified atom stereocenters. The van der Waals surface area contributed by atoms with Crippen molar-refractivity contribution in [2.24, 2.45) is 0 Å². The van der Waals surface area contributed by atoms with Crippen LogP contribution in [0.25, 0.3) is 11.8 Å². The molecule has 8 heteroatoms. The molecule has 0 bridgehead atoms. The molecule has 7 nitrogen and oxygen atoms in total. The number of aryl methyl sites for hydroxylation is 2. The quantitative estimate of drug-likeness (QED) is 0.542. The molecule has 0 radical (unpaired) electrons. The van der Waals surface area contributed by atoms with Crippen molar-refractivity contribution in [1.82, 2.24) is 24.7 Å². The first kappa shape index (κ1) is 23.9. The lowest BCUT2D eigenvalue weighted by molar-refractivity contribution is -0.129. The first-order valence-corrected chi connectivity index (χ1v) is 12.2. The number of carbonyl (C=O) groups excluding carboxylic acids is 1. The van der Waals surface area contributed by atoms with Crippen molar-refractivity contribution in [3.8, 4) is 5.69 Å². The molecular formula is C28H31FN6O. The van der Waals surface area contributed by atoms with Gasteiger partial charge in [-0.3, -0.25) is 15.1 Å². The third kappa shape index (κ3) is 4.01. The number of halogens is 1. The van der Waals surface area contributed by atoms with Gasteiger partial charge in [0.15, 0.2) is 0 Å². The molecular weight excluding hydrogens is 455 g/mol. The average molecular weight is 487 g/mol. The van der Waals surface area contributed by atoms with Crippen LogP contribution in [0.5, 0.6) is 0 Å². The summed E-state index contributed by atoms with van der Waals surface area (Å²) < 4.78 is 15.5. The highest BCUT2D eigenvalue weighted by Gasteiger charge is 2.50. The number of hydrogen-bond acceptors (Lipinski definition) is 4. The lowest BCUT2D eigenvalue weighted by atomic mass is 9.83. The number of piperazine rings is 1. The van der Waals surface area contributed by atoms with Crippen molar-refractivity contribution in [3.05, 3.63) is 88.8 Å². The molecule has 1 amide bonds. The maximum Gasteiger partial charge on any atom is 0.259 e. The zero-order valence-corrected chi connectivity index (χ0v) is 21.0. The number of hydrogen-bond donors (Lipinski definition) is 2. The zero-order chi connectivity index (χ0) is 25.6. The van der Waals surface area contributed by atoms with E-state index in [4.69, 9.17) is 5.41 Å². The van der Waals surface area contributed by atoms with E-state index in [9.17, 15) is 9.18 Å². The lowest BCUT2D eigenvalue weighted by Crippen LogP contribution is -2.71. The maximum absolute atomic E-state index is 14.0. The lowest BCUT2D eigenvalue weighted by Gasteiger charge is -2.54. The summed E-state index contributed by atoms with van der Waals surface area (Å²) >= 11 is 0. The fourth-order valence-electron chi connectivity index (χ4n) is 5.28. The summed E-state index contributed by atoms with van der Waals surface area (Å²) in [5.74, 6) is -0.350. The second kappa shape index (κ2) is 9.02. The first-order valence-electron chi connectivity index (χ1n) is 12.2. The summed E-state index contributed by atoms with van der Waals surface area (Å²) in [5, 5.41) is 12.4. The second-order valence-corrected chi connectivity index (χ2v) is 9.85. The molecule has 3 heterocycles. The Morgan fingerprint density at radius 2 is 1.94 bits per heavy atom. The molecule has 2 aromatic carbocycles. The summed E-state index contributed by atoms with van der Waals surface area (Å²) in [6.07, 6.45) is 5.74. The Kier molecular flexibility index (Phi) is 6.00. The van der Waals surface area contributed by atoms with Crippen LogP contribution in [0.4, 0.5) is 4.39 Å². The van der Waals surface area contributed by atoms with E-state index in [1.807, 2.05) is 61.6 Å². The summed E-state index contributed by atoms with van der Waals surface area (Å²) in [4.78, 5) is 21.9. The van der Waals surface area contributed by atoms with E-state index >= 15 is 0 Å². The number of nitrogens with one attached hydrogen (secondary N) is 2. The standard InChI is InChI=1S/C28H31FN6O/c1-18-13-21(5-10-25(18)33-15-19(2)32-17-33)14-24-26(36)35(20(3)22-6-8-23(29)9-7-22)27(30)34-12-11-31-16-28(24,34)4/h5-10,13-15,17,20,30-31H,11-12,16H2,1-4H3/b24-14-,30-27?. The van der Waals surface area contributed by atoms with Crippen LogP contribution in [-0.4, -0.2) is 56.4 Å². The van der Waals surface area contributed by atoms with Crippen LogP contribution in [0.15, 0.2) is 60.6 Å². The van der Waals surface area contributed by atoms with Crippen molar-refractivity contribution in [1.29, 1.82) is 5.41 Å². The smallest absolute Gasteiger partial charge is 0.259 e. The van der Waals surface area contributed by atoms with Crippen LogP contribution in [0, 0.1) is 25.1 Å². The molecule has 3 aromatic rings. The van der Waals surface area contributed by atoms with Crippen LogP contribution < -0.4 is 5.32 Å². The van der Waals surface area contributed by atoms with Crippen molar-refractivity contribution < 1.29 is 9.18 Å². The van der Waals surface area contributed by atoms with Crippen LogP contribution in [-0.2, 0) is 4.79 Å². The van der Waals surface area contributed by atoms with Crippen LogP contribution in [0.2, 0.25) is 0 Å². The van der Waals surface area contributed by atoms with Gasteiger partial charge in [0.2, 0.25) is 5.96 Å². The van der Waals surface area contributed by atoms with Gasteiger partial charge < -0.3 is 14.8 Å².